The number of rotatable bonds is 10. The van der Waals surface area contributed by atoms with E-state index in [1.807, 2.05) is 0 Å². The summed E-state index contributed by atoms with van der Waals surface area (Å²) in [6, 6.07) is 0. The molecule has 11 heteroatoms. The zero-order valence-electron chi connectivity index (χ0n) is 16.1. The van der Waals surface area contributed by atoms with Crippen LogP contribution in [0.15, 0.2) is 21.7 Å². The molecule has 0 spiro atoms. The lowest BCUT2D eigenvalue weighted by Crippen LogP contribution is -2.47. The van der Waals surface area contributed by atoms with Gasteiger partial charge in [-0.2, -0.15) is 0 Å². The van der Waals surface area contributed by atoms with Crippen LogP contribution in [0.5, 0.6) is 0 Å². The number of ketones is 2. The Kier molecular flexibility index (Phi) is 7.71. The molecular formula is C18H23N3O7S. The Bertz CT molecular complexity index is 831. The van der Waals surface area contributed by atoms with Crippen molar-refractivity contribution in [3.05, 3.63) is 28.5 Å². The second-order valence-electron chi connectivity index (χ2n) is 7.06. The number of allylic oxidation sites excluding steroid dienone is 2. The van der Waals surface area contributed by atoms with Crippen LogP contribution < -0.4 is 10.6 Å². The van der Waals surface area contributed by atoms with Gasteiger partial charge >= 0.3 is 0 Å². The molecule has 0 saturated heterocycles. The molecule has 0 radical (unpaired) electrons. The van der Waals surface area contributed by atoms with Gasteiger partial charge in [-0.1, -0.05) is 19.0 Å². The van der Waals surface area contributed by atoms with Crippen molar-refractivity contribution < 1.29 is 33.9 Å². The lowest BCUT2D eigenvalue weighted by Gasteiger charge is -2.27. The smallest absolute Gasteiger partial charge is 0.249 e. The number of carbonyl (C=O) groups excluding carboxylic acids is 4. The third-order valence-electron chi connectivity index (χ3n) is 4.25. The fraction of sp³-hybridized carbons (Fsp3) is 0.500. The Hall–Kier alpha value is -2.50. The van der Waals surface area contributed by atoms with Crippen LogP contribution in [0.2, 0.25) is 0 Å². The van der Waals surface area contributed by atoms with Crippen LogP contribution in [0.25, 0.3) is 0 Å². The minimum Gasteiger partial charge on any atom is -0.396 e. The number of Topliss-reactive ketones (excluding diaryl/α,β-unsaturated/α-hetero) is 1. The van der Waals surface area contributed by atoms with E-state index in [1.54, 1.807) is 13.8 Å². The topological polar surface area (TPSA) is 159 Å². The molecule has 1 aromatic heterocycles. The number of fused-ring (bicyclic) bond motifs is 1. The van der Waals surface area contributed by atoms with Gasteiger partial charge in [-0.25, -0.2) is 0 Å². The molecule has 0 aromatic carbocycles. The molecule has 1 aliphatic carbocycles. The van der Waals surface area contributed by atoms with Crippen LogP contribution in [0, 0.1) is 5.41 Å². The van der Waals surface area contributed by atoms with Crippen molar-refractivity contribution in [2.24, 2.45) is 5.41 Å². The first-order valence-corrected chi connectivity index (χ1v) is 9.87. The number of aromatic nitrogens is 1. The van der Waals surface area contributed by atoms with Crippen LogP contribution in [0.3, 0.4) is 0 Å². The Morgan fingerprint density at radius 3 is 2.66 bits per heavy atom. The van der Waals surface area contributed by atoms with Gasteiger partial charge < -0.3 is 25.4 Å². The number of nitrogens with one attached hydrogen (secondary N) is 2. The van der Waals surface area contributed by atoms with E-state index in [1.165, 1.54) is 12.3 Å². The highest BCUT2D eigenvalue weighted by Gasteiger charge is 2.32. The minimum absolute atomic E-state index is 0.0772. The largest absolute Gasteiger partial charge is 0.396 e. The number of aliphatic hydroxyl groups is 2. The standard InChI is InChI=1S/C18H23N3O7S/c1-18(2,9-22)16(26)17(27)20-5-4-19-13(24)3-6-29-12-7-11(23)15-10(14(12)25)8-21-28-15/h7-8,16,22,26H,3-6,9H2,1-2H3,(H,19,24)(H,20,27). The van der Waals surface area contributed by atoms with E-state index in [4.69, 9.17) is 9.63 Å². The third kappa shape index (κ3) is 5.75. The van der Waals surface area contributed by atoms with Crippen molar-refractivity contribution in [3.8, 4) is 0 Å². The van der Waals surface area contributed by atoms with Gasteiger partial charge in [0.05, 0.1) is 23.3 Å². The van der Waals surface area contributed by atoms with Crippen LogP contribution in [-0.4, -0.2) is 70.3 Å². The van der Waals surface area contributed by atoms with E-state index in [-0.39, 0.29) is 59.8 Å². The highest BCUT2D eigenvalue weighted by Crippen LogP contribution is 2.28. The average Bonchev–Trinajstić information content (AvgIpc) is 3.19. The number of nitrogens with zero attached hydrogens (tertiary/aromatic N) is 1. The molecule has 10 nitrogen and oxygen atoms in total. The Labute approximate surface area is 171 Å². The van der Waals surface area contributed by atoms with Crippen LogP contribution in [-0.2, 0) is 9.59 Å². The summed E-state index contributed by atoms with van der Waals surface area (Å²) in [6.07, 6.45) is 1.11. The molecule has 1 heterocycles. The average molecular weight is 425 g/mol. The maximum absolute atomic E-state index is 12.2. The Morgan fingerprint density at radius 1 is 1.28 bits per heavy atom. The zero-order chi connectivity index (χ0) is 21.6. The van der Waals surface area contributed by atoms with Gasteiger partial charge in [-0.05, 0) is 0 Å². The van der Waals surface area contributed by atoms with E-state index in [9.17, 15) is 24.3 Å². The molecule has 0 saturated carbocycles. The summed E-state index contributed by atoms with van der Waals surface area (Å²) in [4.78, 5) is 47.9. The predicted molar refractivity (Wildman–Crippen MR) is 103 cm³/mol. The number of hydrogen-bond donors (Lipinski definition) is 4. The molecule has 1 aliphatic rings. The van der Waals surface area contributed by atoms with Crippen molar-refractivity contribution in [1.82, 2.24) is 15.8 Å². The number of aliphatic hydroxyl groups excluding tert-OH is 2. The molecule has 1 aromatic rings. The molecule has 158 valence electrons. The first-order valence-electron chi connectivity index (χ1n) is 8.89. The molecule has 0 bridgehead atoms. The Balaban J connectivity index is 1.66. The maximum atomic E-state index is 12.2. The molecule has 2 rings (SSSR count). The third-order valence-corrected chi connectivity index (χ3v) is 5.28. The van der Waals surface area contributed by atoms with Crippen molar-refractivity contribution in [3.63, 3.8) is 0 Å². The van der Waals surface area contributed by atoms with Gasteiger partial charge in [0.1, 0.15) is 6.10 Å². The monoisotopic (exact) mass is 425 g/mol. The quantitative estimate of drug-likeness (QED) is 0.368. The van der Waals surface area contributed by atoms with E-state index < -0.39 is 23.2 Å². The molecular weight excluding hydrogens is 402 g/mol. The molecule has 29 heavy (non-hydrogen) atoms. The summed E-state index contributed by atoms with van der Waals surface area (Å²) >= 11 is 1.09. The summed E-state index contributed by atoms with van der Waals surface area (Å²) in [5.41, 5.74) is -0.850. The summed E-state index contributed by atoms with van der Waals surface area (Å²) in [7, 11) is 0. The number of carbonyl (C=O) groups is 4. The summed E-state index contributed by atoms with van der Waals surface area (Å²) in [5, 5.41) is 27.5. The number of amides is 2. The fourth-order valence-electron chi connectivity index (χ4n) is 2.34. The van der Waals surface area contributed by atoms with E-state index >= 15 is 0 Å². The van der Waals surface area contributed by atoms with Gasteiger partial charge in [-0.3, -0.25) is 19.2 Å². The maximum Gasteiger partial charge on any atom is 0.249 e. The molecule has 0 aliphatic heterocycles. The van der Waals surface area contributed by atoms with Crippen LogP contribution in [0.4, 0.5) is 0 Å². The van der Waals surface area contributed by atoms with Gasteiger partial charge in [-0.15, -0.1) is 11.8 Å². The Morgan fingerprint density at radius 2 is 1.97 bits per heavy atom. The van der Waals surface area contributed by atoms with Gasteiger partial charge in [0.2, 0.25) is 29.1 Å². The fourth-order valence-corrected chi connectivity index (χ4v) is 3.28. The number of thioether (sulfide) groups is 1. The van der Waals surface area contributed by atoms with Gasteiger partial charge in [0, 0.05) is 36.8 Å². The molecule has 0 fully saturated rings. The second kappa shape index (κ2) is 9.81. The lowest BCUT2D eigenvalue weighted by atomic mass is 9.87. The molecule has 1 unspecified atom stereocenters. The number of hydrogen-bond acceptors (Lipinski definition) is 9. The molecule has 2 amide bonds. The van der Waals surface area contributed by atoms with E-state index in [0.29, 0.717) is 0 Å². The normalized spacial score (nSPS) is 14.8. The molecule has 1 atom stereocenters. The highest BCUT2D eigenvalue weighted by atomic mass is 32.2. The van der Waals surface area contributed by atoms with Crippen LogP contribution in [0.1, 0.15) is 41.2 Å². The van der Waals surface area contributed by atoms with Crippen molar-refractivity contribution in [2.45, 2.75) is 26.4 Å². The van der Waals surface area contributed by atoms with Crippen molar-refractivity contribution >= 4 is 35.1 Å². The first-order chi connectivity index (χ1) is 13.7. The summed E-state index contributed by atoms with van der Waals surface area (Å²) in [5.74, 6) is -1.51. The zero-order valence-corrected chi connectivity index (χ0v) is 16.9. The summed E-state index contributed by atoms with van der Waals surface area (Å²) in [6.45, 7) is 3.04. The van der Waals surface area contributed by atoms with Gasteiger partial charge in [0.25, 0.3) is 0 Å². The minimum atomic E-state index is -1.37. The van der Waals surface area contributed by atoms with E-state index in [0.717, 1.165) is 11.8 Å². The van der Waals surface area contributed by atoms with Crippen molar-refractivity contribution in [2.75, 3.05) is 25.4 Å². The highest BCUT2D eigenvalue weighted by molar-refractivity contribution is 8.04. The van der Waals surface area contributed by atoms with Crippen molar-refractivity contribution in [1.29, 1.82) is 0 Å². The predicted octanol–water partition coefficient (Wildman–Crippen LogP) is -0.327. The summed E-state index contributed by atoms with van der Waals surface area (Å²) < 4.78 is 4.74. The van der Waals surface area contributed by atoms with Gasteiger partial charge in [0.15, 0.2) is 0 Å². The second-order valence-corrected chi connectivity index (χ2v) is 8.20. The van der Waals surface area contributed by atoms with Crippen LogP contribution >= 0.6 is 11.8 Å². The first kappa shape index (κ1) is 22.8. The lowest BCUT2D eigenvalue weighted by molar-refractivity contribution is -0.137. The SMILES string of the molecule is CC(C)(CO)C(O)C(=O)NCCNC(=O)CCSC1=CC(=O)c2oncc2C1=O. The van der Waals surface area contributed by atoms with E-state index in [2.05, 4.69) is 15.8 Å². The molecule has 4 N–H and O–H groups in total.